The summed E-state index contributed by atoms with van der Waals surface area (Å²) in [6.45, 7) is 4.74. The van der Waals surface area contributed by atoms with E-state index in [0.29, 0.717) is 24.3 Å². The molecule has 0 unspecified atom stereocenters. The molecule has 22 heavy (non-hydrogen) atoms. The third kappa shape index (κ3) is 2.84. The molecular weight excluding hydrogens is 344 g/mol. The molecule has 2 heterocycles. The van der Waals surface area contributed by atoms with Crippen molar-refractivity contribution in [1.82, 2.24) is 14.7 Å². The monoisotopic (exact) mass is 360 g/mol. The Labute approximate surface area is 137 Å². The van der Waals surface area contributed by atoms with E-state index in [1.807, 2.05) is 36.5 Å². The van der Waals surface area contributed by atoms with Gasteiger partial charge in [-0.25, -0.2) is 0 Å². The van der Waals surface area contributed by atoms with Crippen LogP contribution in [0.25, 0.3) is 23.0 Å². The molecule has 0 saturated heterocycles. The molecule has 0 aliphatic carbocycles. The Hall–Kier alpha value is -1.92. The van der Waals surface area contributed by atoms with Crippen molar-refractivity contribution in [2.45, 2.75) is 26.4 Å². The van der Waals surface area contributed by atoms with Gasteiger partial charge in [-0.2, -0.15) is 4.98 Å². The van der Waals surface area contributed by atoms with E-state index in [1.165, 1.54) is 0 Å². The summed E-state index contributed by atoms with van der Waals surface area (Å²) < 4.78 is 8.52. The summed E-state index contributed by atoms with van der Waals surface area (Å²) in [5, 5.41) is 4.08. The summed E-state index contributed by atoms with van der Waals surface area (Å²) >= 11 is 3.49. The lowest BCUT2D eigenvalue weighted by Gasteiger charge is -2.09. The molecule has 0 atom stereocenters. The third-order valence-electron chi connectivity index (χ3n) is 3.46. The van der Waals surface area contributed by atoms with Gasteiger partial charge in [0.1, 0.15) is 5.69 Å². The fraction of sp³-hybridized carbons (Fsp3) is 0.250. The minimum atomic E-state index is 0.306. The van der Waals surface area contributed by atoms with Gasteiger partial charge in [0.05, 0.1) is 0 Å². The van der Waals surface area contributed by atoms with E-state index in [2.05, 4.69) is 44.5 Å². The number of halogens is 1. The lowest BCUT2D eigenvalue weighted by Crippen LogP contribution is -2.00. The molecule has 0 fully saturated rings. The van der Waals surface area contributed by atoms with Crippen LogP contribution in [0, 0.1) is 0 Å². The summed E-state index contributed by atoms with van der Waals surface area (Å²) in [5.74, 6) is 1.09. The van der Waals surface area contributed by atoms with Crippen molar-refractivity contribution in [2.75, 3.05) is 0 Å². The van der Waals surface area contributed by atoms with Crippen LogP contribution in [0.2, 0.25) is 0 Å². The highest BCUT2D eigenvalue weighted by molar-refractivity contribution is 9.10. The molecule has 0 aliphatic rings. The number of benzene rings is 1. The van der Waals surface area contributed by atoms with Crippen LogP contribution in [-0.2, 0) is 6.54 Å². The second kappa shape index (κ2) is 6.06. The van der Waals surface area contributed by atoms with Crippen LogP contribution >= 0.6 is 15.9 Å². The minimum Gasteiger partial charge on any atom is -0.340 e. The second-order valence-corrected chi connectivity index (χ2v) is 6.28. The van der Waals surface area contributed by atoms with Gasteiger partial charge in [0.25, 0.3) is 5.89 Å². The first-order chi connectivity index (χ1) is 10.6. The van der Waals surface area contributed by atoms with Crippen LogP contribution in [-0.4, -0.2) is 14.7 Å². The predicted molar refractivity (Wildman–Crippen MR) is 89.1 cm³/mol. The van der Waals surface area contributed by atoms with Crippen molar-refractivity contribution in [2.24, 2.45) is 5.73 Å². The number of hydrogen-bond acceptors (Lipinski definition) is 4. The minimum absolute atomic E-state index is 0.306. The van der Waals surface area contributed by atoms with Crippen molar-refractivity contribution in [1.29, 1.82) is 0 Å². The van der Waals surface area contributed by atoms with Gasteiger partial charge in [-0.05, 0) is 41.4 Å². The molecule has 1 aromatic carbocycles. The first kappa shape index (κ1) is 15.0. The maximum Gasteiger partial charge on any atom is 0.274 e. The van der Waals surface area contributed by atoms with Gasteiger partial charge in [-0.15, -0.1) is 0 Å². The zero-order valence-corrected chi connectivity index (χ0v) is 14.0. The molecule has 3 rings (SSSR count). The van der Waals surface area contributed by atoms with Crippen LogP contribution in [0.1, 0.15) is 25.5 Å². The van der Waals surface area contributed by atoms with Crippen LogP contribution < -0.4 is 5.73 Å². The molecule has 2 aromatic heterocycles. The standard InChI is InChI=1S/C16H17BrN4O/c1-10(2)21-9-13(17)7-14(21)16-19-15(20-22-16)12-5-3-11(8-18)4-6-12/h3-7,9-10H,8,18H2,1-2H3. The number of rotatable bonds is 4. The smallest absolute Gasteiger partial charge is 0.274 e. The van der Waals surface area contributed by atoms with E-state index in [9.17, 15) is 0 Å². The van der Waals surface area contributed by atoms with E-state index in [-0.39, 0.29) is 0 Å². The second-order valence-electron chi connectivity index (χ2n) is 5.37. The van der Waals surface area contributed by atoms with Gasteiger partial charge in [-0.1, -0.05) is 29.4 Å². The van der Waals surface area contributed by atoms with E-state index in [1.54, 1.807) is 0 Å². The highest BCUT2D eigenvalue weighted by atomic mass is 79.9. The maximum atomic E-state index is 5.61. The highest BCUT2D eigenvalue weighted by Gasteiger charge is 2.16. The molecule has 5 nitrogen and oxygen atoms in total. The zero-order valence-electron chi connectivity index (χ0n) is 12.5. The Kier molecular flexibility index (Phi) is 4.13. The lowest BCUT2D eigenvalue weighted by atomic mass is 10.1. The molecule has 0 aliphatic heterocycles. The quantitative estimate of drug-likeness (QED) is 0.762. The Morgan fingerprint density at radius 3 is 2.64 bits per heavy atom. The van der Waals surface area contributed by atoms with Crippen LogP contribution in [0.5, 0.6) is 0 Å². The maximum absolute atomic E-state index is 5.61. The molecule has 2 N–H and O–H groups in total. The summed E-state index contributed by atoms with van der Waals surface area (Å²) in [5.41, 5.74) is 8.50. The van der Waals surface area contributed by atoms with Crippen LogP contribution in [0.15, 0.2) is 45.5 Å². The van der Waals surface area contributed by atoms with Crippen molar-refractivity contribution < 1.29 is 4.52 Å². The van der Waals surface area contributed by atoms with Crippen molar-refractivity contribution in [3.63, 3.8) is 0 Å². The first-order valence-corrected chi connectivity index (χ1v) is 7.88. The first-order valence-electron chi connectivity index (χ1n) is 7.09. The van der Waals surface area contributed by atoms with Gasteiger partial charge < -0.3 is 14.8 Å². The summed E-state index contributed by atoms with van der Waals surface area (Å²) in [6, 6.07) is 10.1. The molecular formula is C16H17BrN4O. The van der Waals surface area contributed by atoms with Gasteiger partial charge in [0, 0.05) is 28.8 Å². The molecule has 0 radical (unpaired) electrons. The molecule has 114 valence electrons. The molecule has 0 bridgehead atoms. The molecule has 6 heteroatoms. The lowest BCUT2D eigenvalue weighted by molar-refractivity contribution is 0.426. The third-order valence-corrected chi connectivity index (χ3v) is 3.90. The SMILES string of the molecule is CC(C)n1cc(Br)cc1-c1nc(-c2ccc(CN)cc2)no1. The molecule has 0 saturated carbocycles. The number of hydrogen-bond donors (Lipinski definition) is 1. The normalized spacial score (nSPS) is 11.3. The zero-order chi connectivity index (χ0) is 15.7. The largest absolute Gasteiger partial charge is 0.340 e. The van der Waals surface area contributed by atoms with Gasteiger partial charge in [0.2, 0.25) is 5.82 Å². The molecule has 0 amide bonds. The van der Waals surface area contributed by atoms with E-state index >= 15 is 0 Å². The topological polar surface area (TPSA) is 69.9 Å². The Balaban J connectivity index is 1.96. The number of nitrogens with two attached hydrogens (primary N) is 1. The van der Waals surface area contributed by atoms with Gasteiger partial charge >= 0.3 is 0 Å². The van der Waals surface area contributed by atoms with Crippen molar-refractivity contribution in [3.05, 3.63) is 46.6 Å². The van der Waals surface area contributed by atoms with Gasteiger partial charge in [0.15, 0.2) is 0 Å². The van der Waals surface area contributed by atoms with E-state index in [0.717, 1.165) is 21.3 Å². The number of aromatic nitrogens is 3. The average Bonchev–Trinajstić information content (AvgIpc) is 3.13. The highest BCUT2D eigenvalue weighted by Crippen LogP contribution is 2.28. The van der Waals surface area contributed by atoms with Crippen LogP contribution in [0.4, 0.5) is 0 Å². The molecule has 0 spiro atoms. The van der Waals surface area contributed by atoms with Crippen molar-refractivity contribution >= 4 is 15.9 Å². The van der Waals surface area contributed by atoms with E-state index in [4.69, 9.17) is 10.3 Å². The Morgan fingerprint density at radius 1 is 1.27 bits per heavy atom. The van der Waals surface area contributed by atoms with Crippen molar-refractivity contribution in [3.8, 4) is 23.0 Å². The van der Waals surface area contributed by atoms with Gasteiger partial charge in [-0.3, -0.25) is 0 Å². The summed E-state index contributed by atoms with van der Waals surface area (Å²) in [4.78, 5) is 4.51. The predicted octanol–water partition coefficient (Wildman–Crippen LogP) is 4.01. The Morgan fingerprint density at radius 2 is 2.00 bits per heavy atom. The number of nitrogens with zero attached hydrogens (tertiary/aromatic N) is 3. The van der Waals surface area contributed by atoms with E-state index < -0.39 is 0 Å². The summed E-state index contributed by atoms with van der Waals surface area (Å²) in [6.07, 6.45) is 2.01. The fourth-order valence-electron chi connectivity index (χ4n) is 2.28. The summed E-state index contributed by atoms with van der Waals surface area (Å²) in [7, 11) is 0. The van der Waals surface area contributed by atoms with Crippen LogP contribution in [0.3, 0.4) is 0 Å². The average molecular weight is 361 g/mol. The fourth-order valence-corrected chi connectivity index (χ4v) is 2.72. The Bertz CT molecular complexity index is 774. The molecule has 3 aromatic rings.